The molecule has 5 heteroatoms. The standard InChI is InChI=1S/C22H30O5/c1-11-17-13(26-19(11)24)10-15-21(5)8-7-16(25-12(2)23)20(3,4)14(21)6-9-22(15)18(17)27-22/h13-16,18H,6-10H2,1-5H3/t13-,14-,15+,16+,18-,21-,22+/m0/s1. The van der Waals surface area contributed by atoms with Gasteiger partial charge in [0.2, 0.25) is 0 Å². The predicted octanol–water partition coefficient (Wildman–Crippen LogP) is 3.55. The number of rotatable bonds is 1. The second-order valence-electron chi connectivity index (χ2n) is 10.3. The van der Waals surface area contributed by atoms with E-state index in [2.05, 4.69) is 20.8 Å². The highest BCUT2D eigenvalue weighted by Crippen LogP contribution is 2.72. The summed E-state index contributed by atoms with van der Waals surface area (Å²) < 4.78 is 17.8. The van der Waals surface area contributed by atoms with Gasteiger partial charge < -0.3 is 14.2 Å². The van der Waals surface area contributed by atoms with Crippen molar-refractivity contribution in [2.45, 2.75) is 90.6 Å². The molecule has 2 aliphatic heterocycles. The highest BCUT2D eigenvalue weighted by Gasteiger charge is 2.75. The fourth-order valence-electron chi connectivity index (χ4n) is 7.53. The van der Waals surface area contributed by atoms with Gasteiger partial charge >= 0.3 is 11.9 Å². The summed E-state index contributed by atoms with van der Waals surface area (Å²) in [7, 11) is 0. The van der Waals surface area contributed by atoms with E-state index in [4.69, 9.17) is 14.2 Å². The molecule has 1 saturated heterocycles. The summed E-state index contributed by atoms with van der Waals surface area (Å²) in [5.74, 6) is 0.501. The first-order chi connectivity index (χ1) is 12.6. The van der Waals surface area contributed by atoms with Crippen molar-refractivity contribution in [3.8, 4) is 0 Å². The van der Waals surface area contributed by atoms with Crippen molar-refractivity contribution in [2.75, 3.05) is 0 Å². The Morgan fingerprint density at radius 3 is 2.59 bits per heavy atom. The Balaban J connectivity index is 1.49. The van der Waals surface area contributed by atoms with E-state index in [1.807, 2.05) is 6.92 Å². The highest BCUT2D eigenvalue weighted by atomic mass is 16.6. The molecule has 7 atom stereocenters. The minimum absolute atomic E-state index is 0.0244. The van der Waals surface area contributed by atoms with Gasteiger partial charge in [0.25, 0.3) is 0 Å². The van der Waals surface area contributed by atoms with Crippen LogP contribution in [-0.4, -0.2) is 35.9 Å². The summed E-state index contributed by atoms with van der Waals surface area (Å²) in [4.78, 5) is 23.8. The van der Waals surface area contributed by atoms with Crippen LogP contribution in [0.4, 0.5) is 0 Å². The number of fused-ring (bicyclic) bond motifs is 4. The number of epoxide rings is 1. The topological polar surface area (TPSA) is 65.1 Å². The van der Waals surface area contributed by atoms with Crippen molar-refractivity contribution in [3.63, 3.8) is 0 Å². The molecule has 0 amide bonds. The lowest BCUT2D eigenvalue weighted by Gasteiger charge is -2.61. The van der Waals surface area contributed by atoms with Crippen molar-refractivity contribution >= 4 is 11.9 Å². The third-order valence-corrected chi connectivity index (χ3v) is 8.78. The van der Waals surface area contributed by atoms with Gasteiger partial charge in [-0.25, -0.2) is 4.79 Å². The molecule has 1 spiro atoms. The van der Waals surface area contributed by atoms with Crippen LogP contribution in [0.3, 0.4) is 0 Å². The van der Waals surface area contributed by atoms with Gasteiger partial charge in [-0.3, -0.25) is 4.79 Å². The van der Waals surface area contributed by atoms with Gasteiger partial charge in [-0.15, -0.1) is 0 Å². The summed E-state index contributed by atoms with van der Waals surface area (Å²) in [6.07, 6.45) is 4.84. The zero-order valence-corrected chi connectivity index (χ0v) is 17.0. The monoisotopic (exact) mass is 374 g/mol. The molecule has 27 heavy (non-hydrogen) atoms. The third-order valence-electron chi connectivity index (χ3n) is 8.78. The van der Waals surface area contributed by atoms with E-state index in [0.717, 1.165) is 43.3 Å². The van der Waals surface area contributed by atoms with E-state index in [0.29, 0.717) is 11.8 Å². The largest absolute Gasteiger partial charge is 0.462 e. The molecule has 2 heterocycles. The fourth-order valence-corrected chi connectivity index (χ4v) is 7.53. The summed E-state index contributed by atoms with van der Waals surface area (Å²) in [6, 6.07) is 0. The zero-order valence-electron chi connectivity index (χ0n) is 17.0. The minimum atomic E-state index is -0.185. The maximum atomic E-state index is 12.1. The molecule has 5 nitrogen and oxygen atoms in total. The van der Waals surface area contributed by atoms with Crippen LogP contribution in [0.2, 0.25) is 0 Å². The SMILES string of the molecule is CC(=O)O[C@@H]1CC[C@]2(C)[C@H]3C[C@@H]4OC(=O)C(C)=C4[C@@H]4O[C@]34CC[C@H]2C1(C)C. The van der Waals surface area contributed by atoms with Gasteiger partial charge in [-0.1, -0.05) is 20.8 Å². The van der Waals surface area contributed by atoms with E-state index in [1.54, 1.807) is 0 Å². The van der Waals surface area contributed by atoms with Gasteiger partial charge in [0.1, 0.15) is 23.9 Å². The molecule has 4 fully saturated rings. The van der Waals surface area contributed by atoms with Crippen LogP contribution < -0.4 is 0 Å². The van der Waals surface area contributed by atoms with E-state index < -0.39 is 0 Å². The molecule has 0 unspecified atom stereocenters. The Labute approximate surface area is 160 Å². The first-order valence-corrected chi connectivity index (χ1v) is 10.4. The molecule has 0 bridgehead atoms. The van der Waals surface area contributed by atoms with E-state index in [-0.39, 0.29) is 46.7 Å². The van der Waals surface area contributed by atoms with Crippen LogP contribution in [0.1, 0.15) is 66.7 Å². The maximum Gasteiger partial charge on any atom is 0.334 e. The molecule has 3 aliphatic carbocycles. The third kappa shape index (κ3) is 2.10. The Bertz CT molecular complexity index is 767. The smallest absolute Gasteiger partial charge is 0.334 e. The molecule has 3 saturated carbocycles. The molecule has 0 aromatic carbocycles. The lowest BCUT2D eigenvalue weighted by atomic mass is 9.43. The number of hydrogen-bond donors (Lipinski definition) is 0. The van der Waals surface area contributed by atoms with Crippen LogP contribution in [0.15, 0.2) is 11.1 Å². The van der Waals surface area contributed by atoms with Crippen LogP contribution in [0.5, 0.6) is 0 Å². The average Bonchev–Trinajstić information content (AvgIpc) is 3.22. The number of carbonyl (C=O) groups is 2. The van der Waals surface area contributed by atoms with Crippen molar-refractivity contribution in [1.29, 1.82) is 0 Å². The van der Waals surface area contributed by atoms with Crippen molar-refractivity contribution < 1.29 is 23.8 Å². The molecule has 5 rings (SSSR count). The predicted molar refractivity (Wildman–Crippen MR) is 97.7 cm³/mol. The molecule has 5 aliphatic rings. The Hall–Kier alpha value is -1.36. The van der Waals surface area contributed by atoms with E-state index >= 15 is 0 Å². The number of carbonyl (C=O) groups excluding carboxylic acids is 2. The first-order valence-electron chi connectivity index (χ1n) is 10.4. The number of esters is 2. The molecule has 0 aromatic rings. The van der Waals surface area contributed by atoms with E-state index in [9.17, 15) is 9.59 Å². The quantitative estimate of drug-likeness (QED) is 0.519. The van der Waals surface area contributed by atoms with Crippen LogP contribution >= 0.6 is 0 Å². The van der Waals surface area contributed by atoms with Gasteiger partial charge in [-0.05, 0) is 50.4 Å². The van der Waals surface area contributed by atoms with Gasteiger partial charge in [-0.2, -0.15) is 0 Å². The molecule has 0 N–H and O–H groups in total. The zero-order chi connectivity index (χ0) is 19.4. The van der Waals surface area contributed by atoms with Gasteiger partial charge in [0.15, 0.2) is 0 Å². The second kappa shape index (κ2) is 5.16. The lowest BCUT2D eigenvalue weighted by Crippen LogP contribution is -2.61. The Morgan fingerprint density at radius 1 is 1.15 bits per heavy atom. The summed E-state index contributed by atoms with van der Waals surface area (Å²) >= 11 is 0. The summed E-state index contributed by atoms with van der Waals surface area (Å²) in [6.45, 7) is 10.3. The summed E-state index contributed by atoms with van der Waals surface area (Å²) in [5, 5.41) is 0. The fraction of sp³-hybridized carbons (Fsp3) is 0.818. The van der Waals surface area contributed by atoms with Crippen LogP contribution in [-0.2, 0) is 23.8 Å². The molecular weight excluding hydrogens is 344 g/mol. The minimum Gasteiger partial charge on any atom is -0.462 e. The Morgan fingerprint density at radius 2 is 1.89 bits per heavy atom. The second-order valence-corrected chi connectivity index (χ2v) is 10.3. The van der Waals surface area contributed by atoms with Crippen molar-refractivity contribution in [3.05, 3.63) is 11.1 Å². The van der Waals surface area contributed by atoms with Gasteiger partial charge in [0.05, 0.1) is 0 Å². The maximum absolute atomic E-state index is 12.1. The summed E-state index contributed by atoms with van der Waals surface area (Å²) in [5.41, 5.74) is 1.83. The molecule has 0 aromatic heterocycles. The van der Waals surface area contributed by atoms with Crippen molar-refractivity contribution in [2.24, 2.45) is 22.7 Å². The van der Waals surface area contributed by atoms with Crippen LogP contribution in [0, 0.1) is 22.7 Å². The molecule has 148 valence electrons. The van der Waals surface area contributed by atoms with Gasteiger partial charge in [0, 0.05) is 29.4 Å². The number of ether oxygens (including phenoxy) is 3. The average molecular weight is 374 g/mol. The van der Waals surface area contributed by atoms with E-state index in [1.165, 1.54) is 6.92 Å². The molecular formula is C22H30O5. The van der Waals surface area contributed by atoms with Crippen LogP contribution in [0.25, 0.3) is 0 Å². The molecule has 0 radical (unpaired) electrons. The normalized spacial score (nSPS) is 49.4. The Kier molecular flexibility index (Phi) is 3.39. The lowest BCUT2D eigenvalue weighted by molar-refractivity contribution is -0.187. The highest BCUT2D eigenvalue weighted by molar-refractivity contribution is 5.92. The number of hydrogen-bond acceptors (Lipinski definition) is 5. The van der Waals surface area contributed by atoms with Crippen molar-refractivity contribution in [1.82, 2.24) is 0 Å². The first kappa shape index (κ1) is 17.7.